The number of halogens is 3. The second-order valence-electron chi connectivity index (χ2n) is 7.33. The third-order valence-corrected chi connectivity index (χ3v) is 5.76. The highest BCUT2D eigenvalue weighted by Gasteiger charge is 2.38. The molecule has 0 aliphatic rings. The summed E-state index contributed by atoms with van der Waals surface area (Å²) in [6, 6.07) is 0. The summed E-state index contributed by atoms with van der Waals surface area (Å²) in [5.74, 6) is -0.584. The van der Waals surface area contributed by atoms with Crippen molar-refractivity contribution in [2.75, 3.05) is 5.32 Å². The summed E-state index contributed by atoms with van der Waals surface area (Å²) in [6.45, 7) is 10.3. The smallest absolute Gasteiger partial charge is 0.228 e. The summed E-state index contributed by atoms with van der Waals surface area (Å²) < 4.78 is -1.87. The predicted molar refractivity (Wildman–Crippen MR) is 114 cm³/mol. The van der Waals surface area contributed by atoms with Gasteiger partial charge in [-0.05, 0) is 25.8 Å². The van der Waals surface area contributed by atoms with E-state index in [1.165, 1.54) is 6.92 Å². The first-order valence-corrected chi connectivity index (χ1v) is 10.5. The number of amides is 1. The summed E-state index contributed by atoms with van der Waals surface area (Å²) in [5.41, 5.74) is 0.294. The minimum Gasteiger partial charge on any atom is -0.353 e. The number of carbonyl (C=O) groups excluding carboxylic acids is 3. The van der Waals surface area contributed by atoms with E-state index in [1.54, 1.807) is 27.7 Å². The number of ketones is 2. The van der Waals surface area contributed by atoms with Crippen LogP contribution in [-0.4, -0.2) is 27.4 Å². The van der Waals surface area contributed by atoms with Crippen LogP contribution >= 0.6 is 46.1 Å². The number of hydrogen-bond acceptors (Lipinski definition) is 5. The molecule has 0 aliphatic heterocycles. The van der Waals surface area contributed by atoms with Gasteiger partial charge in [0.05, 0.1) is 10.4 Å². The van der Waals surface area contributed by atoms with E-state index >= 15 is 0 Å². The summed E-state index contributed by atoms with van der Waals surface area (Å²) in [6.07, 6.45) is -0.0891. The Morgan fingerprint density at radius 3 is 2.11 bits per heavy atom. The highest BCUT2D eigenvalue weighted by Crippen LogP contribution is 2.38. The van der Waals surface area contributed by atoms with Crippen LogP contribution in [0.15, 0.2) is 0 Å². The molecule has 27 heavy (non-hydrogen) atoms. The molecule has 2 N–H and O–H groups in total. The molecule has 0 saturated heterocycles. The van der Waals surface area contributed by atoms with Crippen molar-refractivity contribution in [1.82, 2.24) is 5.32 Å². The maximum Gasteiger partial charge on any atom is 0.228 e. The molecule has 0 spiro atoms. The standard InChI is InChI=1S/C18H25Cl3N2O3S/c1-7-8-11(25)12-9(2)13(10(3)24)27-14(12)22-15(18(19,20)21)23-16(26)17(4,5)6/h15,22H,7-8H2,1-6H3,(H,23,26)/t15-/m1/s1. The molecule has 1 heterocycles. The van der Waals surface area contributed by atoms with Gasteiger partial charge in [0, 0.05) is 11.8 Å². The molecule has 1 amide bonds. The maximum atomic E-state index is 12.6. The molecule has 0 radical (unpaired) electrons. The third-order valence-electron chi connectivity index (χ3n) is 3.78. The Morgan fingerprint density at radius 1 is 1.15 bits per heavy atom. The summed E-state index contributed by atoms with van der Waals surface area (Å²) >= 11 is 19.3. The van der Waals surface area contributed by atoms with Gasteiger partial charge in [0.1, 0.15) is 11.2 Å². The maximum absolute atomic E-state index is 12.6. The second-order valence-corrected chi connectivity index (χ2v) is 10.7. The Balaban J connectivity index is 3.36. The lowest BCUT2D eigenvalue weighted by molar-refractivity contribution is -0.129. The molecule has 0 unspecified atom stereocenters. The van der Waals surface area contributed by atoms with Crippen molar-refractivity contribution in [3.63, 3.8) is 0 Å². The lowest BCUT2D eigenvalue weighted by Gasteiger charge is -2.30. The van der Waals surface area contributed by atoms with Crippen LogP contribution < -0.4 is 10.6 Å². The van der Waals surface area contributed by atoms with Gasteiger partial charge in [0.15, 0.2) is 11.6 Å². The molecule has 9 heteroatoms. The first-order chi connectivity index (χ1) is 12.2. The van der Waals surface area contributed by atoms with Crippen LogP contribution in [0.3, 0.4) is 0 Å². The molecular formula is C18H25Cl3N2O3S. The number of anilines is 1. The van der Waals surface area contributed by atoms with Gasteiger partial charge < -0.3 is 10.6 Å². The molecule has 0 bridgehead atoms. The van der Waals surface area contributed by atoms with Gasteiger partial charge in [-0.15, -0.1) is 11.3 Å². The van der Waals surface area contributed by atoms with Crippen LogP contribution in [0.1, 0.15) is 73.1 Å². The molecule has 1 aromatic heterocycles. The molecule has 1 atom stereocenters. The first-order valence-electron chi connectivity index (χ1n) is 8.51. The van der Waals surface area contributed by atoms with Gasteiger partial charge in [-0.3, -0.25) is 14.4 Å². The SMILES string of the molecule is CCCC(=O)c1c(N[C@H](NC(=O)C(C)(C)C)C(Cl)(Cl)Cl)sc(C(C)=O)c1C. The monoisotopic (exact) mass is 454 g/mol. The van der Waals surface area contributed by atoms with Crippen LogP contribution in [-0.2, 0) is 4.79 Å². The normalized spacial score (nSPS) is 13.2. The van der Waals surface area contributed by atoms with E-state index in [2.05, 4.69) is 10.6 Å². The Bertz CT molecular complexity index is 733. The van der Waals surface area contributed by atoms with Gasteiger partial charge in [-0.1, -0.05) is 62.5 Å². The Kier molecular flexibility index (Phi) is 8.18. The van der Waals surface area contributed by atoms with Crippen LogP contribution in [0.2, 0.25) is 0 Å². The predicted octanol–water partition coefficient (Wildman–Crippen LogP) is 5.51. The fourth-order valence-corrected chi connectivity index (χ4v) is 3.79. The van der Waals surface area contributed by atoms with Crippen LogP contribution in [0.4, 0.5) is 5.00 Å². The van der Waals surface area contributed by atoms with Gasteiger partial charge in [-0.2, -0.15) is 0 Å². The van der Waals surface area contributed by atoms with Gasteiger partial charge in [0.2, 0.25) is 9.70 Å². The van der Waals surface area contributed by atoms with Crippen LogP contribution in [0, 0.1) is 12.3 Å². The zero-order chi connectivity index (χ0) is 21.2. The topological polar surface area (TPSA) is 75.3 Å². The average Bonchev–Trinajstić information content (AvgIpc) is 2.81. The van der Waals surface area contributed by atoms with Crippen molar-refractivity contribution < 1.29 is 14.4 Å². The highest BCUT2D eigenvalue weighted by atomic mass is 35.6. The molecule has 152 valence electrons. The van der Waals surface area contributed by atoms with Crippen molar-refractivity contribution in [3.8, 4) is 0 Å². The molecule has 1 aromatic rings. The van der Waals surface area contributed by atoms with Crippen molar-refractivity contribution >= 4 is 68.6 Å². The Hall–Kier alpha value is -0.820. The number of thiophene rings is 1. The quantitative estimate of drug-likeness (QED) is 0.323. The lowest BCUT2D eigenvalue weighted by Crippen LogP contribution is -2.52. The largest absolute Gasteiger partial charge is 0.353 e. The number of carbonyl (C=O) groups is 3. The third kappa shape index (κ3) is 6.34. The molecule has 0 fully saturated rings. The van der Waals surface area contributed by atoms with Crippen molar-refractivity contribution in [2.24, 2.45) is 5.41 Å². The van der Waals surface area contributed by atoms with E-state index in [9.17, 15) is 14.4 Å². The number of Topliss-reactive ketones (excluding diaryl/α,β-unsaturated/α-hetero) is 2. The van der Waals surface area contributed by atoms with E-state index in [0.29, 0.717) is 33.8 Å². The van der Waals surface area contributed by atoms with Crippen molar-refractivity contribution in [1.29, 1.82) is 0 Å². The summed E-state index contributed by atoms with van der Waals surface area (Å²) in [7, 11) is 0. The molecule has 5 nitrogen and oxygen atoms in total. The fourth-order valence-electron chi connectivity index (χ4n) is 2.32. The van der Waals surface area contributed by atoms with Crippen LogP contribution in [0.25, 0.3) is 0 Å². The first kappa shape index (κ1) is 24.2. The number of nitrogens with one attached hydrogen (secondary N) is 2. The van der Waals surface area contributed by atoms with E-state index < -0.39 is 15.4 Å². The molecule has 1 rings (SSSR count). The van der Waals surface area contributed by atoms with Gasteiger partial charge in [-0.25, -0.2) is 0 Å². The fraction of sp³-hybridized carbons (Fsp3) is 0.611. The van der Waals surface area contributed by atoms with E-state index in [0.717, 1.165) is 11.3 Å². The highest BCUT2D eigenvalue weighted by molar-refractivity contribution is 7.18. The Labute approximate surface area is 179 Å². The van der Waals surface area contributed by atoms with Crippen molar-refractivity contribution in [2.45, 2.75) is 64.3 Å². The lowest BCUT2D eigenvalue weighted by atomic mass is 9.95. The second kappa shape index (κ2) is 9.12. The summed E-state index contributed by atoms with van der Waals surface area (Å²) in [5, 5.41) is 6.03. The van der Waals surface area contributed by atoms with E-state index in [-0.39, 0.29) is 17.5 Å². The number of alkyl halides is 3. The molecule has 0 aromatic carbocycles. The minimum absolute atomic E-state index is 0.105. The number of hydrogen-bond donors (Lipinski definition) is 2. The zero-order valence-corrected chi connectivity index (χ0v) is 19.3. The number of rotatable bonds is 7. The van der Waals surface area contributed by atoms with E-state index in [4.69, 9.17) is 34.8 Å². The molecular weight excluding hydrogens is 431 g/mol. The average molecular weight is 456 g/mol. The molecule has 0 saturated carbocycles. The minimum atomic E-state index is -1.87. The molecule has 0 aliphatic carbocycles. The van der Waals surface area contributed by atoms with Crippen molar-refractivity contribution in [3.05, 3.63) is 16.0 Å². The summed E-state index contributed by atoms with van der Waals surface area (Å²) in [4.78, 5) is 37.4. The van der Waals surface area contributed by atoms with Crippen LogP contribution in [0.5, 0.6) is 0 Å². The Morgan fingerprint density at radius 2 is 1.70 bits per heavy atom. The van der Waals surface area contributed by atoms with Gasteiger partial charge in [0.25, 0.3) is 0 Å². The van der Waals surface area contributed by atoms with Gasteiger partial charge >= 0.3 is 0 Å². The zero-order valence-electron chi connectivity index (χ0n) is 16.3. The van der Waals surface area contributed by atoms with E-state index in [1.807, 2.05) is 6.92 Å².